The summed E-state index contributed by atoms with van der Waals surface area (Å²) in [6.07, 6.45) is 0. The molecule has 0 heterocycles. The second kappa shape index (κ2) is 9.55. The average Bonchev–Trinajstić information content (AvgIpc) is 2.65. The third kappa shape index (κ3) is 6.12. The highest BCUT2D eigenvalue weighted by Crippen LogP contribution is 2.15. The van der Waals surface area contributed by atoms with Crippen molar-refractivity contribution in [1.29, 1.82) is 0 Å². The van der Waals surface area contributed by atoms with Crippen LogP contribution in [0.1, 0.15) is 32.6 Å². The van der Waals surface area contributed by atoms with E-state index in [0.717, 1.165) is 27.9 Å². The lowest BCUT2D eigenvalue weighted by Gasteiger charge is -2.12. The molecule has 2 aromatic carbocycles. The molecule has 3 amide bonds. The van der Waals surface area contributed by atoms with E-state index in [1.165, 1.54) is 0 Å². The van der Waals surface area contributed by atoms with Crippen LogP contribution in [-0.4, -0.2) is 30.8 Å². The standard InChI is InChI=1S/C21H26N4O3/c1-13-5-8-18(16(4)9-13)22-11-19(26)24-25-20(27)12-23-21(28)17-7-6-14(2)15(3)10-17/h5-10,22H,11-12H2,1-4H3,(H,23,28)(H,24,26)(H,25,27). The zero-order valence-electron chi connectivity index (χ0n) is 16.6. The molecule has 0 saturated heterocycles. The summed E-state index contributed by atoms with van der Waals surface area (Å²) in [7, 11) is 0. The van der Waals surface area contributed by atoms with Gasteiger partial charge in [0.2, 0.25) is 0 Å². The van der Waals surface area contributed by atoms with Crippen LogP contribution in [0.2, 0.25) is 0 Å². The number of amides is 3. The SMILES string of the molecule is Cc1ccc(NCC(=O)NNC(=O)CNC(=O)c2ccc(C)c(C)c2)c(C)c1. The molecule has 2 aromatic rings. The topological polar surface area (TPSA) is 99.3 Å². The number of benzene rings is 2. The molecule has 0 atom stereocenters. The van der Waals surface area contributed by atoms with Crippen LogP contribution in [-0.2, 0) is 9.59 Å². The van der Waals surface area contributed by atoms with Crippen LogP contribution in [0.25, 0.3) is 0 Å². The van der Waals surface area contributed by atoms with Crippen molar-refractivity contribution < 1.29 is 14.4 Å². The highest BCUT2D eigenvalue weighted by molar-refractivity contribution is 5.97. The summed E-state index contributed by atoms with van der Waals surface area (Å²) in [6, 6.07) is 11.2. The van der Waals surface area contributed by atoms with E-state index < -0.39 is 11.8 Å². The Bertz CT molecular complexity index is 893. The maximum absolute atomic E-state index is 12.1. The fraction of sp³-hybridized carbons (Fsp3) is 0.286. The molecule has 4 N–H and O–H groups in total. The molecule has 0 aliphatic rings. The van der Waals surface area contributed by atoms with Crippen molar-refractivity contribution in [1.82, 2.24) is 16.2 Å². The highest BCUT2D eigenvalue weighted by atomic mass is 16.2. The predicted molar refractivity (Wildman–Crippen MR) is 109 cm³/mol. The van der Waals surface area contributed by atoms with Gasteiger partial charge in [0, 0.05) is 11.3 Å². The molecule has 2 rings (SSSR count). The Balaban J connectivity index is 1.72. The van der Waals surface area contributed by atoms with E-state index >= 15 is 0 Å². The molecule has 148 valence electrons. The van der Waals surface area contributed by atoms with Crippen LogP contribution in [0.4, 0.5) is 5.69 Å². The van der Waals surface area contributed by atoms with E-state index in [1.54, 1.807) is 12.1 Å². The van der Waals surface area contributed by atoms with Crippen molar-refractivity contribution in [2.45, 2.75) is 27.7 Å². The van der Waals surface area contributed by atoms with Crippen molar-refractivity contribution in [2.24, 2.45) is 0 Å². The quantitative estimate of drug-likeness (QED) is 0.574. The van der Waals surface area contributed by atoms with Gasteiger partial charge in [-0.05, 0) is 62.6 Å². The summed E-state index contributed by atoms with van der Waals surface area (Å²) in [4.78, 5) is 35.7. The number of carbonyl (C=O) groups is 3. The third-order valence-corrected chi connectivity index (χ3v) is 4.34. The van der Waals surface area contributed by atoms with Gasteiger partial charge in [0.15, 0.2) is 0 Å². The maximum atomic E-state index is 12.1. The van der Waals surface area contributed by atoms with Gasteiger partial charge in [0.1, 0.15) is 0 Å². The lowest BCUT2D eigenvalue weighted by molar-refractivity contribution is -0.127. The largest absolute Gasteiger partial charge is 0.376 e. The third-order valence-electron chi connectivity index (χ3n) is 4.34. The predicted octanol–water partition coefficient (Wildman–Crippen LogP) is 1.91. The van der Waals surface area contributed by atoms with Crippen molar-refractivity contribution in [2.75, 3.05) is 18.4 Å². The van der Waals surface area contributed by atoms with Crippen molar-refractivity contribution in [3.8, 4) is 0 Å². The van der Waals surface area contributed by atoms with E-state index in [-0.39, 0.29) is 19.0 Å². The number of anilines is 1. The van der Waals surface area contributed by atoms with Crippen LogP contribution < -0.4 is 21.5 Å². The summed E-state index contributed by atoms with van der Waals surface area (Å²) >= 11 is 0. The van der Waals surface area contributed by atoms with E-state index in [1.807, 2.05) is 52.0 Å². The molecule has 7 nitrogen and oxygen atoms in total. The second-order valence-corrected chi connectivity index (χ2v) is 6.75. The maximum Gasteiger partial charge on any atom is 0.257 e. The summed E-state index contributed by atoms with van der Waals surface area (Å²) in [6.45, 7) is 7.60. The van der Waals surface area contributed by atoms with Crippen LogP contribution in [0, 0.1) is 27.7 Å². The number of hydrogen-bond donors (Lipinski definition) is 4. The van der Waals surface area contributed by atoms with Gasteiger partial charge in [0.25, 0.3) is 17.7 Å². The Morgan fingerprint density at radius 3 is 2.07 bits per heavy atom. The lowest BCUT2D eigenvalue weighted by Crippen LogP contribution is -2.48. The van der Waals surface area contributed by atoms with Gasteiger partial charge in [-0.25, -0.2) is 0 Å². The smallest absolute Gasteiger partial charge is 0.257 e. The van der Waals surface area contributed by atoms with Crippen molar-refractivity contribution in [3.05, 3.63) is 64.2 Å². The van der Waals surface area contributed by atoms with Crippen molar-refractivity contribution >= 4 is 23.4 Å². The second-order valence-electron chi connectivity index (χ2n) is 6.75. The molecule has 0 aromatic heterocycles. The lowest BCUT2D eigenvalue weighted by atomic mass is 10.1. The molecule has 0 aliphatic heterocycles. The summed E-state index contributed by atoms with van der Waals surface area (Å²) in [5, 5.41) is 5.53. The van der Waals surface area contributed by atoms with Crippen LogP contribution >= 0.6 is 0 Å². The number of nitrogens with one attached hydrogen (secondary N) is 4. The van der Waals surface area contributed by atoms with Gasteiger partial charge >= 0.3 is 0 Å². The minimum Gasteiger partial charge on any atom is -0.376 e. The Labute approximate surface area is 164 Å². The molecule has 0 spiro atoms. The molecule has 0 saturated carbocycles. The van der Waals surface area contributed by atoms with Crippen molar-refractivity contribution in [3.63, 3.8) is 0 Å². The summed E-state index contributed by atoms with van der Waals surface area (Å²) in [5.41, 5.74) is 10.2. The molecule has 7 heteroatoms. The first-order valence-electron chi connectivity index (χ1n) is 9.00. The normalized spacial score (nSPS) is 10.1. The fourth-order valence-corrected chi connectivity index (χ4v) is 2.56. The first-order valence-corrected chi connectivity index (χ1v) is 9.00. The zero-order valence-corrected chi connectivity index (χ0v) is 16.6. The van der Waals surface area contributed by atoms with Gasteiger partial charge in [-0.15, -0.1) is 0 Å². The fourth-order valence-electron chi connectivity index (χ4n) is 2.56. The van der Waals surface area contributed by atoms with Gasteiger partial charge in [-0.3, -0.25) is 25.2 Å². The molecular formula is C21H26N4O3. The van der Waals surface area contributed by atoms with E-state index in [2.05, 4.69) is 21.5 Å². The average molecular weight is 382 g/mol. The highest BCUT2D eigenvalue weighted by Gasteiger charge is 2.10. The monoisotopic (exact) mass is 382 g/mol. The Morgan fingerprint density at radius 2 is 1.43 bits per heavy atom. The summed E-state index contributed by atoms with van der Waals surface area (Å²) in [5.74, 6) is -1.26. The van der Waals surface area contributed by atoms with E-state index in [9.17, 15) is 14.4 Å². The van der Waals surface area contributed by atoms with E-state index in [4.69, 9.17) is 0 Å². The summed E-state index contributed by atoms with van der Waals surface area (Å²) < 4.78 is 0. The number of rotatable bonds is 6. The number of aryl methyl sites for hydroxylation is 4. The van der Waals surface area contributed by atoms with Gasteiger partial charge in [0.05, 0.1) is 13.1 Å². The molecule has 0 bridgehead atoms. The number of carbonyl (C=O) groups excluding carboxylic acids is 3. The van der Waals surface area contributed by atoms with Gasteiger partial charge in [-0.2, -0.15) is 0 Å². The van der Waals surface area contributed by atoms with Crippen LogP contribution in [0.15, 0.2) is 36.4 Å². The van der Waals surface area contributed by atoms with Gasteiger partial charge < -0.3 is 10.6 Å². The molecule has 0 unspecified atom stereocenters. The Kier molecular flexibility index (Phi) is 7.14. The minimum absolute atomic E-state index is 0.0131. The molecule has 0 radical (unpaired) electrons. The molecular weight excluding hydrogens is 356 g/mol. The Hall–Kier alpha value is -3.35. The first-order chi connectivity index (χ1) is 13.3. The van der Waals surface area contributed by atoms with Crippen LogP contribution in [0.3, 0.4) is 0 Å². The first kappa shape index (κ1) is 21.0. The minimum atomic E-state index is -0.517. The van der Waals surface area contributed by atoms with E-state index in [0.29, 0.717) is 5.56 Å². The van der Waals surface area contributed by atoms with Gasteiger partial charge in [-0.1, -0.05) is 23.8 Å². The number of hydrogen-bond acceptors (Lipinski definition) is 4. The Morgan fingerprint density at radius 1 is 0.750 bits per heavy atom. The zero-order chi connectivity index (χ0) is 20.7. The number of hydrazine groups is 1. The van der Waals surface area contributed by atoms with Crippen LogP contribution in [0.5, 0.6) is 0 Å². The molecule has 0 aliphatic carbocycles. The molecule has 0 fully saturated rings. The molecule has 28 heavy (non-hydrogen) atoms.